The molecular weight excluding hydrogens is 294 g/mol. The van der Waals surface area contributed by atoms with Gasteiger partial charge in [-0.3, -0.25) is 4.79 Å². The molecule has 0 radical (unpaired) electrons. The second-order valence-electron chi connectivity index (χ2n) is 4.91. The number of oxazole rings is 1. The maximum absolute atomic E-state index is 12.1. The van der Waals surface area contributed by atoms with E-state index in [-0.39, 0.29) is 16.6 Å². The minimum absolute atomic E-state index is 0.0472. The summed E-state index contributed by atoms with van der Waals surface area (Å²) >= 11 is 0. The van der Waals surface area contributed by atoms with Crippen LogP contribution in [0.3, 0.4) is 0 Å². The summed E-state index contributed by atoms with van der Waals surface area (Å²) in [6.45, 7) is 1.60. The lowest BCUT2D eigenvalue weighted by molar-refractivity contribution is 0.0976. The molecule has 1 saturated carbocycles. The molecule has 1 aliphatic rings. The van der Waals surface area contributed by atoms with Crippen LogP contribution in [0.4, 0.5) is 0 Å². The van der Waals surface area contributed by atoms with Crippen LogP contribution in [-0.2, 0) is 10.0 Å². The molecule has 21 heavy (non-hydrogen) atoms. The predicted molar refractivity (Wildman–Crippen MR) is 72.1 cm³/mol. The van der Waals surface area contributed by atoms with E-state index in [0.29, 0.717) is 11.5 Å². The van der Waals surface area contributed by atoms with Crippen LogP contribution in [0.2, 0.25) is 0 Å². The predicted octanol–water partition coefficient (Wildman–Crippen LogP) is 1.37. The van der Waals surface area contributed by atoms with Crippen LogP contribution < -0.4 is 4.72 Å². The molecule has 0 unspecified atom stereocenters. The number of carbonyl (C=O) groups is 1. The Morgan fingerprint density at radius 2 is 2.19 bits per heavy atom. The van der Waals surface area contributed by atoms with Crippen molar-refractivity contribution in [3.8, 4) is 0 Å². The average molecular weight is 307 g/mol. The van der Waals surface area contributed by atoms with Crippen molar-refractivity contribution in [2.24, 2.45) is 0 Å². The third-order valence-electron chi connectivity index (χ3n) is 3.12. The highest BCUT2D eigenvalue weighted by molar-refractivity contribution is 7.90. The molecule has 0 aromatic carbocycles. The zero-order valence-electron chi connectivity index (χ0n) is 11.2. The second-order valence-corrected chi connectivity index (χ2v) is 6.50. The Morgan fingerprint density at radius 1 is 1.43 bits per heavy atom. The van der Waals surface area contributed by atoms with Gasteiger partial charge in [0.15, 0.2) is 16.6 Å². The molecule has 7 nitrogen and oxygen atoms in total. The molecule has 110 valence electrons. The number of pyridine rings is 1. The van der Waals surface area contributed by atoms with Gasteiger partial charge in [-0.25, -0.2) is 14.7 Å². The molecule has 1 N–H and O–H groups in total. The number of rotatable bonds is 4. The first-order valence-electron chi connectivity index (χ1n) is 6.41. The molecule has 2 aromatic heterocycles. The van der Waals surface area contributed by atoms with Crippen LogP contribution in [0.1, 0.15) is 40.7 Å². The van der Waals surface area contributed by atoms with E-state index >= 15 is 0 Å². The third kappa shape index (κ3) is 2.80. The van der Waals surface area contributed by atoms with Gasteiger partial charge in [0.25, 0.3) is 15.9 Å². The van der Waals surface area contributed by atoms with Gasteiger partial charge in [-0.1, -0.05) is 6.07 Å². The Labute approximate surface area is 121 Å². The first-order valence-corrected chi connectivity index (χ1v) is 7.90. The van der Waals surface area contributed by atoms with E-state index in [2.05, 4.69) is 9.97 Å². The van der Waals surface area contributed by atoms with Gasteiger partial charge in [0.05, 0.1) is 0 Å². The lowest BCUT2D eigenvalue weighted by Gasteiger charge is -2.06. The lowest BCUT2D eigenvalue weighted by atomic mass is 10.3. The molecule has 8 heteroatoms. The van der Waals surface area contributed by atoms with Crippen molar-refractivity contribution in [2.45, 2.75) is 30.7 Å². The van der Waals surface area contributed by atoms with Crippen LogP contribution in [0, 0.1) is 6.92 Å². The smallest absolute Gasteiger partial charge is 0.286 e. The van der Waals surface area contributed by atoms with E-state index in [0.717, 1.165) is 12.8 Å². The molecule has 1 fully saturated rings. The van der Waals surface area contributed by atoms with Gasteiger partial charge >= 0.3 is 0 Å². The fourth-order valence-electron chi connectivity index (χ4n) is 1.88. The molecular formula is C13H13N3O4S. The molecule has 2 heterocycles. The summed E-state index contributed by atoms with van der Waals surface area (Å²) in [5, 5.41) is -0.177. The Balaban J connectivity index is 1.81. The van der Waals surface area contributed by atoms with E-state index in [1.54, 1.807) is 19.1 Å². The highest BCUT2D eigenvalue weighted by Gasteiger charge is 2.30. The van der Waals surface area contributed by atoms with Crippen molar-refractivity contribution in [1.29, 1.82) is 0 Å². The topological polar surface area (TPSA) is 102 Å². The number of nitrogens with zero attached hydrogens (tertiary/aromatic N) is 2. The normalized spacial score (nSPS) is 14.9. The number of aromatic nitrogens is 2. The maximum atomic E-state index is 12.1. The van der Waals surface area contributed by atoms with Crippen molar-refractivity contribution in [1.82, 2.24) is 14.7 Å². The van der Waals surface area contributed by atoms with Crippen LogP contribution in [0.25, 0.3) is 0 Å². The van der Waals surface area contributed by atoms with E-state index in [1.807, 2.05) is 4.72 Å². The summed E-state index contributed by atoms with van der Waals surface area (Å²) in [6.07, 6.45) is 4.48. The number of carbonyl (C=O) groups excluding carboxylic acids is 1. The number of aryl methyl sites for hydroxylation is 1. The lowest BCUT2D eigenvalue weighted by Crippen LogP contribution is -2.31. The van der Waals surface area contributed by atoms with Gasteiger partial charge in [-0.05, 0) is 31.4 Å². The molecule has 0 atom stereocenters. The standard InChI is InChI=1S/C13H13N3O4S/c1-8-3-2-6-14-13(8)21(18,19)16-11(17)10-7-20-12(15-10)9-4-5-9/h2-3,6-7,9H,4-5H2,1H3,(H,16,17). The SMILES string of the molecule is Cc1cccnc1S(=O)(=O)NC(=O)c1coc(C2CC2)n1. The van der Waals surface area contributed by atoms with Crippen molar-refractivity contribution in [3.63, 3.8) is 0 Å². The zero-order chi connectivity index (χ0) is 15.0. The number of amides is 1. The molecule has 1 aliphatic carbocycles. The zero-order valence-corrected chi connectivity index (χ0v) is 12.1. The van der Waals surface area contributed by atoms with Crippen LogP contribution in [-0.4, -0.2) is 24.3 Å². The first kappa shape index (κ1) is 13.7. The number of hydrogen-bond acceptors (Lipinski definition) is 6. The molecule has 3 rings (SSSR count). The van der Waals surface area contributed by atoms with Crippen LogP contribution >= 0.6 is 0 Å². The summed E-state index contributed by atoms with van der Waals surface area (Å²) < 4.78 is 31.4. The minimum Gasteiger partial charge on any atom is -0.448 e. The summed E-state index contributed by atoms with van der Waals surface area (Å²) in [7, 11) is -4.03. The molecule has 0 saturated heterocycles. The van der Waals surface area contributed by atoms with E-state index < -0.39 is 15.9 Å². The van der Waals surface area contributed by atoms with E-state index in [1.165, 1.54) is 12.5 Å². The fraction of sp³-hybridized carbons (Fsp3) is 0.308. The van der Waals surface area contributed by atoms with Gasteiger partial charge in [-0.15, -0.1) is 0 Å². The average Bonchev–Trinajstić information content (AvgIpc) is 3.16. The van der Waals surface area contributed by atoms with Crippen molar-refractivity contribution >= 4 is 15.9 Å². The number of sulfonamides is 1. The Kier molecular flexibility index (Phi) is 3.25. The highest BCUT2D eigenvalue weighted by atomic mass is 32.2. The molecule has 1 amide bonds. The Morgan fingerprint density at radius 3 is 2.86 bits per heavy atom. The summed E-state index contributed by atoms with van der Waals surface area (Å²) in [6, 6.07) is 3.23. The minimum atomic E-state index is -4.03. The fourth-order valence-corrected chi connectivity index (χ4v) is 3.02. The quantitative estimate of drug-likeness (QED) is 0.915. The third-order valence-corrected chi connectivity index (χ3v) is 4.51. The maximum Gasteiger partial charge on any atom is 0.286 e. The van der Waals surface area contributed by atoms with Gasteiger partial charge in [0.1, 0.15) is 6.26 Å². The first-order chi connectivity index (χ1) is 9.97. The van der Waals surface area contributed by atoms with Crippen molar-refractivity contribution < 1.29 is 17.6 Å². The summed E-state index contributed by atoms with van der Waals surface area (Å²) in [5.74, 6) is -0.0940. The largest absolute Gasteiger partial charge is 0.448 e. The molecule has 0 spiro atoms. The summed E-state index contributed by atoms with van der Waals surface area (Å²) in [5.41, 5.74) is 0.408. The molecule has 0 aliphatic heterocycles. The van der Waals surface area contributed by atoms with E-state index in [4.69, 9.17) is 4.42 Å². The van der Waals surface area contributed by atoms with Gasteiger partial charge in [-0.2, -0.15) is 8.42 Å². The second kappa shape index (κ2) is 4.96. The van der Waals surface area contributed by atoms with Gasteiger partial charge < -0.3 is 4.42 Å². The summed E-state index contributed by atoms with van der Waals surface area (Å²) in [4.78, 5) is 19.8. The van der Waals surface area contributed by atoms with E-state index in [9.17, 15) is 13.2 Å². The van der Waals surface area contributed by atoms with Crippen LogP contribution in [0.5, 0.6) is 0 Å². The van der Waals surface area contributed by atoms with Gasteiger partial charge in [0, 0.05) is 12.1 Å². The van der Waals surface area contributed by atoms with Crippen LogP contribution in [0.15, 0.2) is 34.0 Å². The van der Waals surface area contributed by atoms with Gasteiger partial charge in [0.2, 0.25) is 0 Å². The molecule has 2 aromatic rings. The monoisotopic (exact) mass is 307 g/mol. The van der Waals surface area contributed by atoms with Crippen molar-refractivity contribution in [2.75, 3.05) is 0 Å². The highest BCUT2D eigenvalue weighted by Crippen LogP contribution is 2.39. The number of hydrogen-bond donors (Lipinski definition) is 1. The Bertz CT molecular complexity index is 793. The van der Waals surface area contributed by atoms with Crippen molar-refractivity contribution in [3.05, 3.63) is 41.7 Å². The Hall–Kier alpha value is -2.22. The molecule has 0 bridgehead atoms. The number of nitrogens with one attached hydrogen (secondary N) is 1.